The van der Waals surface area contributed by atoms with E-state index >= 15 is 0 Å². The number of hydrogen-bond donors (Lipinski definition) is 3. The van der Waals surface area contributed by atoms with Crippen molar-refractivity contribution in [1.82, 2.24) is 10.3 Å². The zero-order valence-corrected chi connectivity index (χ0v) is 12.9. The molecule has 20 heavy (non-hydrogen) atoms. The first-order valence-electron chi connectivity index (χ1n) is 7.27. The summed E-state index contributed by atoms with van der Waals surface area (Å²) in [4.78, 5) is 16.1. The van der Waals surface area contributed by atoms with Gasteiger partial charge >= 0.3 is 0 Å². The van der Waals surface area contributed by atoms with E-state index in [0.29, 0.717) is 12.5 Å². The van der Waals surface area contributed by atoms with Crippen LogP contribution in [-0.4, -0.2) is 30.0 Å². The van der Waals surface area contributed by atoms with Gasteiger partial charge in [0.1, 0.15) is 11.9 Å². The van der Waals surface area contributed by atoms with Crippen LogP contribution in [0.5, 0.6) is 0 Å². The summed E-state index contributed by atoms with van der Waals surface area (Å²) in [5.41, 5.74) is 0.894. The molecule has 1 heterocycles. The highest BCUT2D eigenvalue weighted by Crippen LogP contribution is 2.13. The molecular formula is C15H26N4O. The second-order valence-corrected chi connectivity index (χ2v) is 5.36. The Morgan fingerprint density at radius 2 is 2.10 bits per heavy atom. The summed E-state index contributed by atoms with van der Waals surface area (Å²) in [5, 5.41) is 9.33. The number of nitrogens with zero attached hydrogens (tertiary/aromatic N) is 1. The minimum absolute atomic E-state index is 0.0126. The van der Waals surface area contributed by atoms with Crippen LogP contribution in [-0.2, 0) is 4.79 Å². The molecule has 0 saturated heterocycles. The fourth-order valence-corrected chi connectivity index (χ4v) is 1.64. The van der Waals surface area contributed by atoms with Crippen LogP contribution in [0.25, 0.3) is 0 Å². The molecule has 112 valence electrons. The molecule has 1 aromatic rings. The molecule has 1 aromatic heterocycles. The van der Waals surface area contributed by atoms with E-state index in [1.54, 1.807) is 6.20 Å². The van der Waals surface area contributed by atoms with Gasteiger partial charge in [-0.05, 0) is 25.3 Å². The lowest BCUT2D eigenvalue weighted by molar-refractivity contribution is -0.121. The van der Waals surface area contributed by atoms with Crippen LogP contribution in [0.3, 0.4) is 0 Å². The SMILES string of the molecule is CCCNc1cc(NC(C)C(=O)NCC(C)C)ccn1. The third-order valence-corrected chi connectivity index (χ3v) is 2.78. The van der Waals surface area contributed by atoms with Gasteiger partial charge in [0.2, 0.25) is 5.91 Å². The summed E-state index contributed by atoms with van der Waals surface area (Å²) < 4.78 is 0. The van der Waals surface area contributed by atoms with E-state index in [1.165, 1.54) is 0 Å². The Bertz CT molecular complexity index is 420. The normalized spacial score (nSPS) is 12.1. The topological polar surface area (TPSA) is 66.0 Å². The molecular weight excluding hydrogens is 252 g/mol. The van der Waals surface area contributed by atoms with Crippen molar-refractivity contribution in [3.8, 4) is 0 Å². The van der Waals surface area contributed by atoms with E-state index in [-0.39, 0.29) is 11.9 Å². The molecule has 1 rings (SSSR count). The Morgan fingerprint density at radius 1 is 1.35 bits per heavy atom. The maximum atomic E-state index is 11.9. The third-order valence-electron chi connectivity index (χ3n) is 2.78. The lowest BCUT2D eigenvalue weighted by Gasteiger charge is -2.16. The molecule has 0 bridgehead atoms. The minimum Gasteiger partial charge on any atom is -0.374 e. The maximum absolute atomic E-state index is 11.9. The molecule has 0 aliphatic rings. The number of amides is 1. The van der Waals surface area contributed by atoms with Gasteiger partial charge < -0.3 is 16.0 Å². The molecule has 1 amide bonds. The molecule has 5 nitrogen and oxygen atoms in total. The summed E-state index contributed by atoms with van der Waals surface area (Å²) >= 11 is 0. The summed E-state index contributed by atoms with van der Waals surface area (Å²) in [6, 6.07) is 3.51. The van der Waals surface area contributed by atoms with Gasteiger partial charge in [-0.1, -0.05) is 20.8 Å². The number of rotatable bonds is 8. The number of aromatic nitrogens is 1. The summed E-state index contributed by atoms with van der Waals surface area (Å²) in [6.45, 7) is 9.71. The van der Waals surface area contributed by atoms with Crippen molar-refractivity contribution < 1.29 is 4.79 Å². The van der Waals surface area contributed by atoms with E-state index in [2.05, 4.69) is 41.7 Å². The van der Waals surface area contributed by atoms with Gasteiger partial charge in [0.25, 0.3) is 0 Å². The van der Waals surface area contributed by atoms with Crippen molar-refractivity contribution >= 4 is 17.4 Å². The van der Waals surface area contributed by atoms with Gasteiger partial charge in [-0.3, -0.25) is 4.79 Å². The fourth-order valence-electron chi connectivity index (χ4n) is 1.64. The van der Waals surface area contributed by atoms with Crippen molar-refractivity contribution in [2.45, 2.75) is 40.2 Å². The fraction of sp³-hybridized carbons (Fsp3) is 0.600. The van der Waals surface area contributed by atoms with Crippen LogP contribution >= 0.6 is 0 Å². The quantitative estimate of drug-likeness (QED) is 0.683. The molecule has 0 aliphatic heterocycles. The van der Waals surface area contributed by atoms with Crippen molar-refractivity contribution in [2.75, 3.05) is 23.7 Å². The van der Waals surface area contributed by atoms with Crippen molar-refractivity contribution in [3.05, 3.63) is 18.3 Å². The number of pyridine rings is 1. The molecule has 3 N–H and O–H groups in total. The highest BCUT2D eigenvalue weighted by atomic mass is 16.2. The highest BCUT2D eigenvalue weighted by molar-refractivity contribution is 5.84. The van der Waals surface area contributed by atoms with E-state index in [0.717, 1.165) is 24.5 Å². The van der Waals surface area contributed by atoms with E-state index in [4.69, 9.17) is 0 Å². The summed E-state index contributed by atoms with van der Waals surface area (Å²) in [6.07, 6.45) is 2.78. The average molecular weight is 278 g/mol. The standard InChI is InChI=1S/C15H26N4O/c1-5-7-16-14-9-13(6-8-17-14)19-12(4)15(20)18-10-11(2)3/h6,8-9,11-12H,5,7,10H2,1-4H3,(H,18,20)(H2,16,17,19). The van der Waals surface area contributed by atoms with Gasteiger partial charge in [0.05, 0.1) is 0 Å². The molecule has 0 aromatic carbocycles. The van der Waals surface area contributed by atoms with Crippen LogP contribution in [0.2, 0.25) is 0 Å². The smallest absolute Gasteiger partial charge is 0.242 e. The van der Waals surface area contributed by atoms with Crippen LogP contribution in [0, 0.1) is 5.92 Å². The first-order valence-corrected chi connectivity index (χ1v) is 7.27. The number of nitrogens with one attached hydrogen (secondary N) is 3. The van der Waals surface area contributed by atoms with Crippen LogP contribution in [0.4, 0.5) is 11.5 Å². The Kier molecular flexibility index (Phi) is 6.84. The zero-order valence-electron chi connectivity index (χ0n) is 12.9. The highest BCUT2D eigenvalue weighted by Gasteiger charge is 2.12. The number of carbonyl (C=O) groups excluding carboxylic acids is 1. The number of anilines is 2. The predicted molar refractivity (Wildman–Crippen MR) is 84.0 cm³/mol. The van der Waals surface area contributed by atoms with Crippen LogP contribution < -0.4 is 16.0 Å². The first kappa shape index (κ1) is 16.3. The molecule has 5 heteroatoms. The second kappa shape index (κ2) is 8.40. The molecule has 0 radical (unpaired) electrons. The molecule has 1 unspecified atom stereocenters. The summed E-state index contributed by atoms with van der Waals surface area (Å²) in [7, 11) is 0. The lowest BCUT2D eigenvalue weighted by Crippen LogP contribution is -2.39. The Hall–Kier alpha value is -1.78. The molecule has 1 atom stereocenters. The molecule has 0 aliphatic carbocycles. The summed E-state index contributed by atoms with van der Waals surface area (Å²) in [5.74, 6) is 1.29. The van der Waals surface area contributed by atoms with Crippen LogP contribution in [0.1, 0.15) is 34.1 Å². The van der Waals surface area contributed by atoms with Crippen molar-refractivity contribution in [2.24, 2.45) is 5.92 Å². The van der Waals surface area contributed by atoms with E-state index in [1.807, 2.05) is 19.1 Å². The monoisotopic (exact) mass is 278 g/mol. The van der Waals surface area contributed by atoms with Gasteiger partial charge in [-0.25, -0.2) is 4.98 Å². The third kappa shape index (κ3) is 5.91. The number of hydrogen-bond acceptors (Lipinski definition) is 4. The van der Waals surface area contributed by atoms with Crippen molar-refractivity contribution in [1.29, 1.82) is 0 Å². The Labute approximate surface area is 121 Å². The second-order valence-electron chi connectivity index (χ2n) is 5.36. The van der Waals surface area contributed by atoms with Gasteiger partial charge in [0, 0.05) is 31.0 Å². The van der Waals surface area contributed by atoms with Gasteiger partial charge in [-0.15, -0.1) is 0 Å². The lowest BCUT2D eigenvalue weighted by atomic mass is 10.2. The Morgan fingerprint density at radius 3 is 2.75 bits per heavy atom. The van der Waals surface area contributed by atoms with E-state index < -0.39 is 0 Å². The molecule has 0 fully saturated rings. The molecule has 0 spiro atoms. The zero-order chi connectivity index (χ0) is 15.0. The van der Waals surface area contributed by atoms with Crippen LogP contribution in [0.15, 0.2) is 18.3 Å². The predicted octanol–water partition coefficient (Wildman–Crippen LogP) is 2.48. The van der Waals surface area contributed by atoms with E-state index in [9.17, 15) is 4.79 Å². The number of carbonyl (C=O) groups is 1. The Balaban J connectivity index is 2.52. The van der Waals surface area contributed by atoms with Gasteiger partial charge in [-0.2, -0.15) is 0 Å². The largest absolute Gasteiger partial charge is 0.374 e. The minimum atomic E-state index is -0.268. The van der Waals surface area contributed by atoms with Crippen molar-refractivity contribution in [3.63, 3.8) is 0 Å². The maximum Gasteiger partial charge on any atom is 0.242 e. The average Bonchev–Trinajstić information content (AvgIpc) is 2.42. The van der Waals surface area contributed by atoms with Gasteiger partial charge in [0.15, 0.2) is 0 Å². The first-order chi connectivity index (χ1) is 9.52. The molecule has 0 saturated carbocycles.